The Balaban J connectivity index is 2.20. The Kier molecular flexibility index (Phi) is 3.13. The van der Waals surface area contributed by atoms with Crippen LogP contribution >= 0.6 is 0 Å². The summed E-state index contributed by atoms with van der Waals surface area (Å²) < 4.78 is 13.8. The lowest BCUT2D eigenvalue weighted by molar-refractivity contribution is 0.102. The first-order valence-corrected chi connectivity index (χ1v) is 6.13. The normalized spacial score (nSPS) is 24.8. The Morgan fingerprint density at radius 1 is 1.47 bits per heavy atom. The molecule has 17 heavy (non-hydrogen) atoms. The van der Waals surface area contributed by atoms with Crippen LogP contribution in [0.25, 0.3) is 0 Å². The fourth-order valence-electron chi connectivity index (χ4n) is 2.81. The molecule has 0 saturated heterocycles. The summed E-state index contributed by atoms with van der Waals surface area (Å²) in [5.74, 6) is -0.328. The van der Waals surface area contributed by atoms with Gasteiger partial charge in [-0.15, -0.1) is 0 Å². The molecular weight excluding hydrogens is 217 g/mol. The summed E-state index contributed by atoms with van der Waals surface area (Å²) in [4.78, 5) is 0. The predicted molar refractivity (Wildman–Crippen MR) is 66.9 cm³/mol. The van der Waals surface area contributed by atoms with E-state index in [0.29, 0.717) is 5.56 Å². The van der Waals surface area contributed by atoms with E-state index in [0.717, 1.165) is 19.3 Å². The molecular formula is C14H20FNO. The Morgan fingerprint density at radius 2 is 2.18 bits per heavy atom. The monoisotopic (exact) mass is 237 g/mol. The summed E-state index contributed by atoms with van der Waals surface area (Å²) >= 11 is 0. The minimum absolute atomic E-state index is 0.110. The van der Waals surface area contributed by atoms with Gasteiger partial charge in [0.2, 0.25) is 0 Å². The van der Waals surface area contributed by atoms with Crippen molar-refractivity contribution in [2.24, 2.45) is 11.3 Å². The standard InChI is InChI=1S/C14H20FNO/c1-14(2)7-6-9(8-14)13(17)10-4-3-5-11(16)12(10)15/h3-5,9,13,17H,6-8,16H2,1-2H3/t9-,13+/m0/s1. The molecule has 2 rings (SSSR count). The second kappa shape index (κ2) is 4.30. The number of rotatable bonds is 2. The molecule has 0 bridgehead atoms. The number of hydrogen-bond acceptors (Lipinski definition) is 2. The van der Waals surface area contributed by atoms with Gasteiger partial charge in [0.15, 0.2) is 5.82 Å². The molecule has 2 nitrogen and oxygen atoms in total. The second-order valence-corrected chi connectivity index (χ2v) is 5.86. The lowest BCUT2D eigenvalue weighted by Gasteiger charge is -2.22. The van der Waals surface area contributed by atoms with Crippen molar-refractivity contribution in [1.82, 2.24) is 0 Å². The third-order valence-electron chi connectivity index (χ3n) is 3.83. The molecule has 3 N–H and O–H groups in total. The van der Waals surface area contributed by atoms with Gasteiger partial charge in [-0.2, -0.15) is 0 Å². The zero-order valence-corrected chi connectivity index (χ0v) is 10.4. The molecule has 94 valence electrons. The summed E-state index contributed by atoms with van der Waals surface area (Å²) in [6.07, 6.45) is 2.23. The molecule has 1 fully saturated rings. The Labute approximate surface area is 102 Å². The maximum atomic E-state index is 13.8. The molecule has 0 amide bonds. The van der Waals surface area contributed by atoms with Gasteiger partial charge in [-0.25, -0.2) is 4.39 Å². The second-order valence-electron chi connectivity index (χ2n) is 5.86. The van der Waals surface area contributed by atoms with Crippen LogP contribution in [0, 0.1) is 17.2 Å². The average Bonchev–Trinajstić information content (AvgIpc) is 2.62. The van der Waals surface area contributed by atoms with E-state index in [1.54, 1.807) is 12.1 Å². The van der Waals surface area contributed by atoms with Crippen molar-refractivity contribution in [3.63, 3.8) is 0 Å². The highest BCUT2D eigenvalue weighted by Gasteiger charge is 2.36. The molecule has 1 aromatic rings. The smallest absolute Gasteiger partial charge is 0.151 e. The molecule has 0 heterocycles. The molecule has 2 atom stereocenters. The van der Waals surface area contributed by atoms with E-state index in [1.807, 2.05) is 0 Å². The summed E-state index contributed by atoms with van der Waals surface area (Å²) in [5, 5.41) is 10.3. The number of aliphatic hydroxyl groups is 1. The molecule has 1 saturated carbocycles. The summed E-state index contributed by atoms with van der Waals surface area (Å²) in [6, 6.07) is 4.84. The first-order chi connectivity index (χ1) is 7.91. The molecule has 0 spiro atoms. The van der Waals surface area contributed by atoms with Crippen LogP contribution in [-0.4, -0.2) is 5.11 Å². The SMILES string of the molecule is CC1(C)CC[C@H]([C@@H](O)c2cccc(N)c2F)C1. The maximum Gasteiger partial charge on any atom is 0.151 e. The third kappa shape index (κ3) is 2.44. The van der Waals surface area contributed by atoms with Crippen LogP contribution in [-0.2, 0) is 0 Å². The molecule has 0 aliphatic heterocycles. The minimum atomic E-state index is -0.736. The van der Waals surface area contributed by atoms with Crippen LogP contribution in [0.15, 0.2) is 18.2 Å². The van der Waals surface area contributed by atoms with Crippen LogP contribution in [0.4, 0.5) is 10.1 Å². The number of nitrogens with two attached hydrogens (primary N) is 1. The molecule has 1 aromatic carbocycles. The van der Waals surface area contributed by atoms with E-state index in [4.69, 9.17) is 5.73 Å². The molecule has 3 heteroatoms. The van der Waals surface area contributed by atoms with Crippen molar-refractivity contribution in [2.45, 2.75) is 39.2 Å². The summed E-state index contributed by atoms with van der Waals surface area (Å²) in [6.45, 7) is 4.38. The van der Waals surface area contributed by atoms with Gasteiger partial charge in [-0.3, -0.25) is 0 Å². The van der Waals surface area contributed by atoms with Crippen LogP contribution in [0.3, 0.4) is 0 Å². The van der Waals surface area contributed by atoms with Gasteiger partial charge < -0.3 is 10.8 Å². The number of nitrogen functional groups attached to an aromatic ring is 1. The van der Waals surface area contributed by atoms with Gasteiger partial charge in [-0.05, 0) is 36.7 Å². The largest absolute Gasteiger partial charge is 0.396 e. The van der Waals surface area contributed by atoms with Crippen molar-refractivity contribution < 1.29 is 9.50 Å². The van der Waals surface area contributed by atoms with E-state index in [1.165, 1.54) is 6.07 Å². The van der Waals surface area contributed by atoms with E-state index in [-0.39, 0.29) is 17.0 Å². The van der Waals surface area contributed by atoms with Gasteiger partial charge in [0.05, 0.1) is 11.8 Å². The number of benzene rings is 1. The number of anilines is 1. The molecule has 0 radical (unpaired) electrons. The zero-order valence-electron chi connectivity index (χ0n) is 10.4. The third-order valence-corrected chi connectivity index (χ3v) is 3.83. The van der Waals surface area contributed by atoms with Crippen LogP contribution in [0.5, 0.6) is 0 Å². The van der Waals surface area contributed by atoms with Gasteiger partial charge in [0.25, 0.3) is 0 Å². The highest BCUT2D eigenvalue weighted by atomic mass is 19.1. The maximum absolute atomic E-state index is 13.8. The van der Waals surface area contributed by atoms with E-state index < -0.39 is 11.9 Å². The first-order valence-electron chi connectivity index (χ1n) is 6.13. The average molecular weight is 237 g/mol. The number of aliphatic hydroxyl groups excluding tert-OH is 1. The Morgan fingerprint density at radius 3 is 2.76 bits per heavy atom. The minimum Gasteiger partial charge on any atom is -0.396 e. The number of halogens is 1. The van der Waals surface area contributed by atoms with Crippen molar-refractivity contribution >= 4 is 5.69 Å². The van der Waals surface area contributed by atoms with Crippen molar-refractivity contribution in [3.8, 4) is 0 Å². The summed E-state index contributed by atoms with van der Waals surface area (Å²) in [7, 11) is 0. The highest BCUT2D eigenvalue weighted by molar-refractivity contribution is 5.43. The fourth-order valence-corrected chi connectivity index (χ4v) is 2.81. The van der Waals surface area contributed by atoms with Gasteiger partial charge in [0.1, 0.15) is 0 Å². The van der Waals surface area contributed by atoms with Gasteiger partial charge in [-0.1, -0.05) is 26.0 Å². The topological polar surface area (TPSA) is 46.2 Å². The zero-order chi connectivity index (χ0) is 12.6. The first kappa shape index (κ1) is 12.4. The molecule has 0 unspecified atom stereocenters. The van der Waals surface area contributed by atoms with Crippen LogP contribution in [0.2, 0.25) is 0 Å². The van der Waals surface area contributed by atoms with Crippen molar-refractivity contribution in [1.29, 1.82) is 0 Å². The summed E-state index contributed by atoms with van der Waals surface area (Å²) in [5.41, 5.74) is 6.23. The van der Waals surface area contributed by atoms with E-state index in [2.05, 4.69) is 13.8 Å². The van der Waals surface area contributed by atoms with Gasteiger partial charge >= 0.3 is 0 Å². The molecule has 1 aliphatic rings. The van der Waals surface area contributed by atoms with Crippen molar-refractivity contribution in [2.75, 3.05) is 5.73 Å². The lowest BCUT2D eigenvalue weighted by atomic mass is 9.87. The number of hydrogen-bond donors (Lipinski definition) is 2. The Hall–Kier alpha value is -1.09. The van der Waals surface area contributed by atoms with Crippen LogP contribution in [0.1, 0.15) is 44.8 Å². The Bertz CT molecular complexity index is 417. The van der Waals surface area contributed by atoms with Crippen molar-refractivity contribution in [3.05, 3.63) is 29.6 Å². The van der Waals surface area contributed by atoms with E-state index >= 15 is 0 Å². The van der Waals surface area contributed by atoms with Crippen LogP contribution < -0.4 is 5.73 Å². The fraction of sp³-hybridized carbons (Fsp3) is 0.571. The van der Waals surface area contributed by atoms with E-state index in [9.17, 15) is 9.50 Å². The molecule has 0 aromatic heterocycles. The van der Waals surface area contributed by atoms with Gasteiger partial charge in [0, 0.05) is 5.56 Å². The quantitative estimate of drug-likeness (QED) is 0.775. The predicted octanol–water partition coefficient (Wildman–Crippen LogP) is 3.27. The lowest BCUT2D eigenvalue weighted by Crippen LogP contribution is -2.14. The highest BCUT2D eigenvalue weighted by Crippen LogP contribution is 2.46. The molecule has 1 aliphatic carbocycles.